The molecular formula is C26H33N5O4. The lowest BCUT2D eigenvalue weighted by atomic mass is 9.95. The fourth-order valence-corrected chi connectivity index (χ4v) is 5.29. The number of hydrogen-bond acceptors (Lipinski definition) is 7. The van der Waals surface area contributed by atoms with Crippen LogP contribution in [0.3, 0.4) is 0 Å². The summed E-state index contributed by atoms with van der Waals surface area (Å²) in [4.78, 5) is 18.1. The summed E-state index contributed by atoms with van der Waals surface area (Å²) in [5, 5.41) is 18.1. The van der Waals surface area contributed by atoms with Crippen molar-refractivity contribution in [2.75, 3.05) is 20.2 Å². The van der Waals surface area contributed by atoms with Crippen LogP contribution in [0.15, 0.2) is 35.0 Å². The molecule has 0 atom stereocenters. The smallest absolute Gasteiger partial charge is 0.306 e. The molecule has 0 radical (unpaired) electrons. The first-order valence-electron chi connectivity index (χ1n) is 12.6. The van der Waals surface area contributed by atoms with Gasteiger partial charge in [0.25, 0.3) is 5.89 Å². The van der Waals surface area contributed by atoms with Crippen LogP contribution in [-0.2, 0) is 22.7 Å². The summed E-state index contributed by atoms with van der Waals surface area (Å²) < 4.78 is 13.2. The first-order valence-corrected chi connectivity index (χ1v) is 12.6. The molecular weight excluding hydrogens is 446 g/mol. The number of carboxylic acid groups (broad SMARTS) is 1. The molecule has 35 heavy (non-hydrogen) atoms. The van der Waals surface area contributed by atoms with Crippen LogP contribution in [0.25, 0.3) is 22.8 Å². The van der Waals surface area contributed by atoms with E-state index in [-0.39, 0.29) is 5.92 Å². The molecule has 1 saturated heterocycles. The molecule has 9 heteroatoms. The second-order valence-corrected chi connectivity index (χ2v) is 9.68. The molecule has 1 aliphatic heterocycles. The largest absolute Gasteiger partial charge is 0.481 e. The predicted molar refractivity (Wildman–Crippen MR) is 129 cm³/mol. The van der Waals surface area contributed by atoms with E-state index in [0.29, 0.717) is 37.2 Å². The van der Waals surface area contributed by atoms with E-state index < -0.39 is 5.97 Å². The molecule has 0 spiro atoms. The van der Waals surface area contributed by atoms with Crippen LogP contribution in [0.1, 0.15) is 62.2 Å². The van der Waals surface area contributed by atoms with Crippen molar-refractivity contribution in [3.63, 3.8) is 0 Å². The Morgan fingerprint density at radius 2 is 1.86 bits per heavy atom. The maximum absolute atomic E-state index is 11.2. The van der Waals surface area contributed by atoms with Crippen molar-refractivity contribution in [1.82, 2.24) is 24.8 Å². The minimum absolute atomic E-state index is 0.208. The van der Waals surface area contributed by atoms with Crippen LogP contribution in [0.2, 0.25) is 0 Å². The first-order chi connectivity index (χ1) is 17.1. The zero-order chi connectivity index (χ0) is 24.2. The molecule has 0 amide bonds. The minimum atomic E-state index is -0.677. The number of ether oxygens (including phenoxy) is 1. The highest BCUT2D eigenvalue weighted by Crippen LogP contribution is 2.33. The summed E-state index contributed by atoms with van der Waals surface area (Å²) in [6.07, 6.45) is 9.26. The summed E-state index contributed by atoms with van der Waals surface area (Å²) in [6, 6.07) is 8.57. The van der Waals surface area contributed by atoms with Gasteiger partial charge in [0.05, 0.1) is 36.0 Å². The third kappa shape index (κ3) is 5.31. The van der Waals surface area contributed by atoms with Gasteiger partial charge in [-0.05, 0) is 44.3 Å². The lowest BCUT2D eigenvalue weighted by Crippen LogP contribution is -2.35. The van der Waals surface area contributed by atoms with Gasteiger partial charge in [-0.25, -0.2) is 0 Å². The van der Waals surface area contributed by atoms with Crippen molar-refractivity contribution in [2.24, 2.45) is 5.92 Å². The van der Waals surface area contributed by atoms with Crippen molar-refractivity contribution in [1.29, 1.82) is 0 Å². The second-order valence-electron chi connectivity index (χ2n) is 9.68. The highest BCUT2D eigenvalue weighted by molar-refractivity contribution is 5.70. The van der Waals surface area contributed by atoms with Gasteiger partial charge >= 0.3 is 5.97 Å². The van der Waals surface area contributed by atoms with E-state index in [9.17, 15) is 9.90 Å². The van der Waals surface area contributed by atoms with Crippen LogP contribution < -0.4 is 0 Å². The fourth-order valence-electron chi connectivity index (χ4n) is 5.29. The summed E-state index contributed by atoms with van der Waals surface area (Å²) in [6.45, 7) is 2.88. The van der Waals surface area contributed by atoms with Gasteiger partial charge in [0.15, 0.2) is 0 Å². The summed E-state index contributed by atoms with van der Waals surface area (Å²) >= 11 is 0. The van der Waals surface area contributed by atoms with E-state index in [1.54, 1.807) is 7.11 Å². The van der Waals surface area contributed by atoms with E-state index in [0.717, 1.165) is 49.3 Å². The third-order valence-electron chi connectivity index (χ3n) is 7.31. The van der Waals surface area contributed by atoms with E-state index in [1.165, 1.54) is 24.8 Å². The third-order valence-corrected chi connectivity index (χ3v) is 7.31. The maximum atomic E-state index is 11.2. The van der Waals surface area contributed by atoms with E-state index in [4.69, 9.17) is 9.26 Å². The van der Waals surface area contributed by atoms with Crippen molar-refractivity contribution in [3.8, 4) is 22.8 Å². The maximum Gasteiger partial charge on any atom is 0.306 e. The Labute approximate surface area is 205 Å². The number of aliphatic carboxylic acids is 1. The predicted octanol–water partition coefficient (Wildman–Crippen LogP) is 4.55. The average Bonchev–Trinajstić information content (AvgIpc) is 3.53. The molecule has 5 rings (SSSR count). The lowest BCUT2D eigenvalue weighted by Gasteiger charge is -2.30. The number of piperidine rings is 1. The normalized spacial score (nSPS) is 18.2. The highest BCUT2D eigenvalue weighted by Gasteiger charge is 2.25. The molecule has 2 aromatic heterocycles. The highest BCUT2D eigenvalue weighted by atomic mass is 16.5. The Morgan fingerprint density at radius 1 is 1.11 bits per heavy atom. The molecule has 0 unspecified atom stereocenters. The van der Waals surface area contributed by atoms with E-state index in [2.05, 4.69) is 37.0 Å². The SMILES string of the molecule is COCc1c(-c2nc(-c3ccc(CN4CCC(C(=O)O)CC4)cc3)no2)cnn1C1CCCCC1. The number of hydrogen-bond donors (Lipinski definition) is 1. The van der Waals surface area contributed by atoms with E-state index >= 15 is 0 Å². The van der Waals surface area contributed by atoms with Gasteiger partial charge in [0, 0.05) is 19.2 Å². The minimum Gasteiger partial charge on any atom is -0.481 e. The Balaban J connectivity index is 1.27. The summed E-state index contributed by atoms with van der Waals surface area (Å²) in [5.74, 6) is 0.117. The van der Waals surface area contributed by atoms with Crippen LogP contribution in [0.4, 0.5) is 0 Å². The Bertz CT molecular complexity index is 1130. The van der Waals surface area contributed by atoms with Crippen molar-refractivity contribution in [3.05, 3.63) is 41.7 Å². The molecule has 9 nitrogen and oxygen atoms in total. The van der Waals surface area contributed by atoms with Gasteiger partial charge in [0.2, 0.25) is 5.82 Å². The number of benzene rings is 1. The molecule has 186 valence electrons. The van der Waals surface area contributed by atoms with Crippen LogP contribution >= 0.6 is 0 Å². The number of rotatable bonds is 8. The number of methoxy groups -OCH3 is 1. The molecule has 2 fully saturated rings. The standard InChI is InChI=1S/C26H33N5O4/c1-34-17-23-22(15-27-31(23)21-5-3-2-4-6-21)25-28-24(29-35-25)19-9-7-18(8-10-19)16-30-13-11-20(12-14-30)26(32)33/h7-10,15,20-21H,2-6,11-14,16-17H2,1H3,(H,32,33). The fraction of sp³-hybridized carbons (Fsp3) is 0.538. The number of carboxylic acids is 1. The van der Waals surface area contributed by atoms with Gasteiger partial charge in [-0.15, -0.1) is 0 Å². The number of nitrogens with zero attached hydrogens (tertiary/aromatic N) is 5. The first kappa shape index (κ1) is 23.7. The zero-order valence-electron chi connectivity index (χ0n) is 20.2. The molecule has 1 N–H and O–H groups in total. The summed E-state index contributed by atoms with van der Waals surface area (Å²) in [5.41, 5.74) is 3.89. The number of likely N-dealkylation sites (tertiary alicyclic amines) is 1. The van der Waals surface area contributed by atoms with Gasteiger partial charge in [-0.3, -0.25) is 14.4 Å². The molecule has 3 aromatic rings. The molecule has 1 aromatic carbocycles. The molecule has 1 aliphatic carbocycles. The molecule has 2 aliphatic rings. The van der Waals surface area contributed by atoms with Gasteiger partial charge < -0.3 is 14.4 Å². The lowest BCUT2D eigenvalue weighted by molar-refractivity contribution is -0.143. The summed E-state index contributed by atoms with van der Waals surface area (Å²) in [7, 11) is 1.69. The Kier molecular flexibility index (Phi) is 7.24. The number of carbonyl (C=O) groups is 1. The number of aromatic nitrogens is 4. The second kappa shape index (κ2) is 10.7. The average molecular weight is 480 g/mol. The molecule has 0 bridgehead atoms. The molecule has 1 saturated carbocycles. The van der Waals surface area contributed by atoms with Crippen molar-refractivity contribution < 1.29 is 19.2 Å². The van der Waals surface area contributed by atoms with Gasteiger partial charge in [-0.1, -0.05) is 48.7 Å². The Morgan fingerprint density at radius 3 is 2.54 bits per heavy atom. The van der Waals surface area contributed by atoms with Gasteiger partial charge in [0.1, 0.15) is 0 Å². The quantitative estimate of drug-likeness (QED) is 0.502. The topological polar surface area (TPSA) is 107 Å². The van der Waals surface area contributed by atoms with Crippen molar-refractivity contribution >= 4 is 5.97 Å². The zero-order valence-corrected chi connectivity index (χ0v) is 20.2. The monoisotopic (exact) mass is 479 g/mol. The molecule has 3 heterocycles. The van der Waals surface area contributed by atoms with E-state index in [1.807, 2.05) is 18.3 Å². The van der Waals surface area contributed by atoms with Crippen LogP contribution in [0, 0.1) is 5.92 Å². The van der Waals surface area contributed by atoms with Crippen LogP contribution in [0.5, 0.6) is 0 Å². The van der Waals surface area contributed by atoms with Crippen molar-refractivity contribution in [2.45, 2.75) is 64.1 Å². The Hall–Kier alpha value is -3.04. The van der Waals surface area contributed by atoms with Crippen LogP contribution in [-0.4, -0.2) is 56.1 Å². The van der Waals surface area contributed by atoms with Gasteiger partial charge in [-0.2, -0.15) is 10.1 Å².